The van der Waals surface area contributed by atoms with Gasteiger partial charge in [0, 0.05) is 20.5 Å². The van der Waals surface area contributed by atoms with Crippen LogP contribution >= 0.6 is 0 Å². The van der Waals surface area contributed by atoms with Crippen molar-refractivity contribution in [2.24, 2.45) is 7.05 Å². The minimum Gasteiger partial charge on any atom is -0.381 e. The van der Waals surface area contributed by atoms with Gasteiger partial charge in [-0.25, -0.2) is 0 Å². The Morgan fingerprint density at radius 2 is 2.43 bits per heavy atom. The van der Waals surface area contributed by atoms with Crippen LogP contribution in [-0.2, 0) is 18.3 Å². The van der Waals surface area contributed by atoms with Crippen molar-refractivity contribution >= 4 is 17.4 Å². The van der Waals surface area contributed by atoms with E-state index in [1.54, 1.807) is 0 Å². The zero-order valence-electron chi connectivity index (χ0n) is 8.42. The van der Waals surface area contributed by atoms with Crippen molar-refractivity contribution in [1.82, 2.24) is 9.78 Å². The molecule has 0 bridgehead atoms. The SMILES string of the molecule is CC(=O)Nc1nn(C)c2c1NCCC2. The average Bonchev–Trinajstić information content (AvgIpc) is 2.44. The Morgan fingerprint density at radius 3 is 3.14 bits per heavy atom. The molecule has 0 fully saturated rings. The first-order chi connectivity index (χ1) is 6.68. The molecule has 0 aromatic carbocycles. The monoisotopic (exact) mass is 194 g/mol. The molecule has 2 N–H and O–H groups in total. The number of carbonyl (C=O) groups is 1. The largest absolute Gasteiger partial charge is 0.381 e. The fourth-order valence-corrected chi connectivity index (χ4v) is 1.75. The minimum absolute atomic E-state index is 0.0849. The summed E-state index contributed by atoms with van der Waals surface area (Å²) in [6, 6.07) is 0. The molecule has 5 nitrogen and oxygen atoms in total. The summed E-state index contributed by atoms with van der Waals surface area (Å²) in [7, 11) is 1.90. The van der Waals surface area contributed by atoms with Crippen LogP contribution in [0.25, 0.3) is 0 Å². The average molecular weight is 194 g/mol. The van der Waals surface area contributed by atoms with Crippen LogP contribution in [0.1, 0.15) is 19.0 Å². The van der Waals surface area contributed by atoms with Crippen molar-refractivity contribution in [1.29, 1.82) is 0 Å². The van der Waals surface area contributed by atoms with Gasteiger partial charge in [0.25, 0.3) is 0 Å². The lowest BCUT2D eigenvalue weighted by Gasteiger charge is -2.14. The number of fused-ring (bicyclic) bond motifs is 1. The van der Waals surface area contributed by atoms with E-state index in [0.717, 1.165) is 25.1 Å². The number of aryl methyl sites for hydroxylation is 1. The number of nitrogens with zero attached hydrogens (tertiary/aromatic N) is 2. The van der Waals surface area contributed by atoms with E-state index in [2.05, 4.69) is 15.7 Å². The van der Waals surface area contributed by atoms with Crippen molar-refractivity contribution < 1.29 is 4.79 Å². The molecule has 1 aromatic rings. The second kappa shape index (κ2) is 3.32. The molecule has 14 heavy (non-hydrogen) atoms. The van der Waals surface area contributed by atoms with Gasteiger partial charge in [-0.3, -0.25) is 9.48 Å². The van der Waals surface area contributed by atoms with Crippen LogP contribution in [0.15, 0.2) is 0 Å². The number of rotatable bonds is 1. The van der Waals surface area contributed by atoms with Gasteiger partial charge in [-0.05, 0) is 12.8 Å². The normalized spacial score (nSPS) is 14.4. The second-order valence-corrected chi connectivity index (χ2v) is 3.51. The molecule has 0 radical (unpaired) electrons. The van der Waals surface area contributed by atoms with Crippen LogP contribution < -0.4 is 10.6 Å². The molecule has 0 spiro atoms. The Hall–Kier alpha value is -1.52. The molecular formula is C9H14N4O. The van der Waals surface area contributed by atoms with E-state index in [1.807, 2.05) is 11.7 Å². The van der Waals surface area contributed by atoms with Gasteiger partial charge < -0.3 is 10.6 Å². The number of hydrogen-bond acceptors (Lipinski definition) is 3. The molecule has 1 aliphatic rings. The molecule has 5 heteroatoms. The topological polar surface area (TPSA) is 59.0 Å². The van der Waals surface area contributed by atoms with Crippen LogP contribution in [0.2, 0.25) is 0 Å². The van der Waals surface area contributed by atoms with E-state index in [4.69, 9.17) is 0 Å². The van der Waals surface area contributed by atoms with Gasteiger partial charge in [0.15, 0.2) is 5.82 Å². The molecule has 2 rings (SSSR count). The first-order valence-corrected chi connectivity index (χ1v) is 4.76. The molecule has 1 aromatic heterocycles. The van der Waals surface area contributed by atoms with Crippen molar-refractivity contribution in [3.05, 3.63) is 5.69 Å². The Labute approximate surface area is 82.5 Å². The summed E-state index contributed by atoms with van der Waals surface area (Å²) in [5.74, 6) is 0.563. The van der Waals surface area contributed by atoms with Gasteiger partial charge in [-0.1, -0.05) is 0 Å². The van der Waals surface area contributed by atoms with Crippen molar-refractivity contribution in [2.45, 2.75) is 19.8 Å². The van der Waals surface area contributed by atoms with Gasteiger partial charge in [-0.2, -0.15) is 5.10 Å². The molecule has 0 saturated carbocycles. The van der Waals surface area contributed by atoms with Gasteiger partial charge in [0.2, 0.25) is 5.91 Å². The molecule has 76 valence electrons. The fourth-order valence-electron chi connectivity index (χ4n) is 1.75. The minimum atomic E-state index is -0.0849. The Bertz CT molecular complexity index is 369. The summed E-state index contributed by atoms with van der Waals surface area (Å²) in [6.45, 7) is 2.44. The summed E-state index contributed by atoms with van der Waals surface area (Å²) >= 11 is 0. The number of amides is 1. The highest BCUT2D eigenvalue weighted by Gasteiger charge is 2.19. The number of anilines is 2. The molecule has 1 aliphatic heterocycles. The number of nitrogens with one attached hydrogen (secondary N) is 2. The van der Waals surface area contributed by atoms with Gasteiger partial charge >= 0.3 is 0 Å². The van der Waals surface area contributed by atoms with E-state index in [-0.39, 0.29) is 5.91 Å². The first kappa shape index (κ1) is 9.05. The summed E-state index contributed by atoms with van der Waals surface area (Å²) in [5.41, 5.74) is 2.15. The Morgan fingerprint density at radius 1 is 1.64 bits per heavy atom. The van der Waals surface area contributed by atoms with E-state index in [9.17, 15) is 4.79 Å². The molecule has 0 saturated heterocycles. The summed E-state index contributed by atoms with van der Waals surface area (Å²) < 4.78 is 1.83. The molecule has 2 heterocycles. The van der Waals surface area contributed by atoms with Gasteiger partial charge in [-0.15, -0.1) is 0 Å². The van der Waals surface area contributed by atoms with Crippen LogP contribution in [0.4, 0.5) is 11.5 Å². The quantitative estimate of drug-likeness (QED) is 0.693. The van der Waals surface area contributed by atoms with Crippen molar-refractivity contribution in [3.63, 3.8) is 0 Å². The highest BCUT2D eigenvalue weighted by Crippen LogP contribution is 2.28. The summed E-state index contributed by atoms with van der Waals surface area (Å²) in [4.78, 5) is 10.9. The zero-order valence-corrected chi connectivity index (χ0v) is 8.42. The highest BCUT2D eigenvalue weighted by molar-refractivity contribution is 5.91. The predicted molar refractivity (Wildman–Crippen MR) is 54.3 cm³/mol. The van der Waals surface area contributed by atoms with Crippen LogP contribution in [0.5, 0.6) is 0 Å². The van der Waals surface area contributed by atoms with E-state index in [1.165, 1.54) is 12.6 Å². The lowest BCUT2D eigenvalue weighted by atomic mass is 10.1. The van der Waals surface area contributed by atoms with Crippen molar-refractivity contribution in [3.8, 4) is 0 Å². The van der Waals surface area contributed by atoms with Crippen LogP contribution in [-0.4, -0.2) is 22.2 Å². The van der Waals surface area contributed by atoms with E-state index < -0.39 is 0 Å². The fraction of sp³-hybridized carbons (Fsp3) is 0.556. The molecule has 0 aliphatic carbocycles. The third-order valence-corrected chi connectivity index (χ3v) is 2.35. The zero-order chi connectivity index (χ0) is 10.1. The lowest BCUT2D eigenvalue weighted by Crippen LogP contribution is -2.14. The third kappa shape index (κ3) is 1.45. The molecule has 1 amide bonds. The summed E-state index contributed by atoms with van der Waals surface area (Å²) in [6.07, 6.45) is 2.14. The maximum atomic E-state index is 10.9. The highest BCUT2D eigenvalue weighted by atomic mass is 16.1. The number of hydrogen-bond donors (Lipinski definition) is 2. The van der Waals surface area contributed by atoms with Gasteiger partial charge in [0.1, 0.15) is 5.69 Å². The standard InChI is InChI=1S/C9H14N4O/c1-6(14)11-9-8-7(13(2)12-9)4-3-5-10-8/h10H,3-5H2,1-2H3,(H,11,12,14). The maximum Gasteiger partial charge on any atom is 0.222 e. The van der Waals surface area contributed by atoms with Crippen molar-refractivity contribution in [2.75, 3.05) is 17.2 Å². The molecule has 0 unspecified atom stereocenters. The maximum absolute atomic E-state index is 10.9. The first-order valence-electron chi connectivity index (χ1n) is 4.76. The lowest BCUT2D eigenvalue weighted by molar-refractivity contribution is -0.114. The predicted octanol–water partition coefficient (Wildman–Crippen LogP) is 0.737. The smallest absolute Gasteiger partial charge is 0.222 e. The number of carbonyl (C=O) groups excluding carboxylic acids is 1. The van der Waals surface area contributed by atoms with Gasteiger partial charge in [0.05, 0.1) is 5.69 Å². The Kier molecular flexibility index (Phi) is 2.15. The number of aromatic nitrogens is 2. The van der Waals surface area contributed by atoms with E-state index in [0.29, 0.717) is 5.82 Å². The second-order valence-electron chi connectivity index (χ2n) is 3.51. The van der Waals surface area contributed by atoms with E-state index >= 15 is 0 Å². The summed E-state index contributed by atoms with van der Waals surface area (Å²) in [5, 5.41) is 10.2. The van der Waals surface area contributed by atoms with Crippen LogP contribution in [0.3, 0.4) is 0 Å². The molecular weight excluding hydrogens is 180 g/mol. The molecule has 0 atom stereocenters. The Balaban J connectivity index is 2.36. The third-order valence-electron chi connectivity index (χ3n) is 2.35. The van der Waals surface area contributed by atoms with Crippen LogP contribution in [0, 0.1) is 0 Å².